The highest BCUT2D eigenvalue weighted by molar-refractivity contribution is 9.10. The molecule has 1 heterocycles. The largest absolute Gasteiger partial charge is 0.484 e. The zero-order valence-electron chi connectivity index (χ0n) is 11.1. The molecule has 0 aliphatic rings. The van der Waals surface area contributed by atoms with Crippen LogP contribution in [0.4, 0.5) is 0 Å². The Labute approximate surface area is 125 Å². The average Bonchev–Trinajstić information content (AvgIpc) is 2.96. The van der Waals surface area contributed by atoms with Gasteiger partial charge in [-0.3, -0.25) is 4.79 Å². The smallest absolute Gasteiger partial charge is 0.258 e. The predicted octanol–water partition coefficient (Wildman–Crippen LogP) is 2.82. The summed E-state index contributed by atoms with van der Waals surface area (Å²) in [7, 11) is 0. The van der Waals surface area contributed by atoms with Crippen molar-refractivity contribution in [1.29, 1.82) is 0 Å². The van der Waals surface area contributed by atoms with Crippen molar-refractivity contribution < 1.29 is 9.53 Å². The van der Waals surface area contributed by atoms with E-state index < -0.39 is 0 Å². The van der Waals surface area contributed by atoms with Crippen LogP contribution in [0.25, 0.3) is 0 Å². The minimum atomic E-state index is -0.173. The van der Waals surface area contributed by atoms with Gasteiger partial charge in [0, 0.05) is 16.9 Å². The first-order valence-corrected chi connectivity index (χ1v) is 7.15. The molecule has 0 bridgehead atoms. The molecule has 1 unspecified atom stereocenters. The van der Waals surface area contributed by atoms with Crippen LogP contribution in [-0.2, 0) is 4.79 Å². The number of aromatic amines is 1. The third-order valence-electron chi connectivity index (χ3n) is 2.76. The lowest BCUT2D eigenvalue weighted by Crippen LogP contribution is -2.32. The van der Waals surface area contributed by atoms with Crippen molar-refractivity contribution in [2.24, 2.45) is 0 Å². The number of amides is 1. The average molecular weight is 338 g/mol. The van der Waals surface area contributed by atoms with E-state index in [2.05, 4.69) is 31.2 Å². The maximum atomic E-state index is 11.9. The van der Waals surface area contributed by atoms with E-state index >= 15 is 0 Å². The fourth-order valence-corrected chi connectivity index (χ4v) is 2.15. The molecule has 1 aromatic heterocycles. The van der Waals surface area contributed by atoms with Crippen LogP contribution in [-0.4, -0.2) is 22.5 Å². The molecule has 0 aliphatic heterocycles. The molecule has 0 saturated carbocycles. The zero-order valence-corrected chi connectivity index (χ0v) is 12.7. The highest BCUT2D eigenvalue weighted by atomic mass is 79.9. The van der Waals surface area contributed by atoms with Crippen LogP contribution in [0.15, 0.2) is 41.1 Å². The molecule has 0 radical (unpaired) electrons. The van der Waals surface area contributed by atoms with Crippen LogP contribution in [0.2, 0.25) is 0 Å². The number of carbonyl (C=O) groups excluding carboxylic acids is 1. The number of carbonyl (C=O) groups is 1. The number of hydrogen-bond acceptors (Lipinski definition) is 3. The molecule has 5 nitrogen and oxygen atoms in total. The van der Waals surface area contributed by atoms with Gasteiger partial charge in [-0.1, -0.05) is 28.9 Å². The molecule has 0 fully saturated rings. The van der Waals surface area contributed by atoms with Gasteiger partial charge in [-0.2, -0.15) is 0 Å². The second kappa shape index (κ2) is 7.09. The number of aromatic nitrogens is 2. The predicted molar refractivity (Wildman–Crippen MR) is 79.4 cm³/mol. The lowest BCUT2D eigenvalue weighted by Gasteiger charge is -2.15. The zero-order chi connectivity index (χ0) is 14.4. The minimum absolute atomic E-state index is 0.0202. The number of imidazole rings is 1. The summed E-state index contributed by atoms with van der Waals surface area (Å²) in [5, 5.41) is 2.88. The Bertz CT molecular complexity index is 557. The Morgan fingerprint density at radius 3 is 3.05 bits per heavy atom. The van der Waals surface area contributed by atoms with Crippen molar-refractivity contribution >= 4 is 21.8 Å². The number of nitrogens with zero attached hydrogens (tertiary/aromatic N) is 1. The molecule has 106 valence electrons. The standard InChI is InChI=1S/C14H16BrN3O2/c1-2-12(14-16-6-7-17-14)18-13(19)9-20-11-5-3-4-10(15)8-11/h3-8,12H,2,9H2,1H3,(H,16,17)(H,18,19). The van der Waals surface area contributed by atoms with Gasteiger partial charge in [-0.25, -0.2) is 4.98 Å². The lowest BCUT2D eigenvalue weighted by atomic mass is 10.2. The van der Waals surface area contributed by atoms with Gasteiger partial charge in [-0.15, -0.1) is 0 Å². The molecule has 0 aliphatic carbocycles. The van der Waals surface area contributed by atoms with Gasteiger partial charge in [0.2, 0.25) is 0 Å². The summed E-state index contributed by atoms with van der Waals surface area (Å²) in [4.78, 5) is 19.0. The van der Waals surface area contributed by atoms with E-state index in [1.807, 2.05) is 31.2 Å². The van der Waals surface area contributed by atoms with Crippen LogP contribution in [0.5, 0.6) is 5.75 Å². The van der Waals surface area contributed by atoms with Crippen LogP contribution >= 0.6 is 15.9 Å². The van der Waals surface area contributed by atoms with E-state index in [-0.39, 0.29) is 18.6 Å². The highest BCUT2D eigenvalue weighted by Crippen LogP contribution is 2.17. The number of halogens is 1. The molecule has 1 atom stereocenters. The first kappa shape index (κ1) is 14.6. The summed E-state index contributed by atoms with van der Waals surface area (Å²) >= 11 is 3.35. The lowest BCUT2D eigenvalue weighted by molar-refractivity contribution is -0.123. The summed E-state index contributed by atoms with van der Waals surface area (Å²) in [5.74, 6) is 1.23. The van der Waals surface area contributed by atoms with E-state index in [1.165, 1.54) is 0 Å². The van der Waals surface area contributed by atoms with E-state index in [1.54, 1.807) is 12.4 Å². The Balaban J connectivity index is 1.86. The molecule has 1 aromatic carbocycles. The number of H-pyrrole nitrogens is 1. The van der Waals surface area contributed by atoms with Gasteiger partial charge in [0.15, 0.2) is 6.61 Å². The maximum absolute atomic E-state index is 11.9. The van der Waals surface area contributed by atoms with Crippen molar-refractivity contribution in [3.05, 3.63) is 47.0 Å². The van der Waals surface area contributed by atoms with Crippen molar-refractivity contribution in [2.75, 3.05) is 6.61 Å². The van der Waals surface area contributed by atoms with E-state index in [0.717, 1.165) is 16.7 Å². The second-order valence-corrected chi connectivity index (χ2v) is 5.16. The van der Waals surface area contributed by atoms with Crippen LogP contribution < -0.4 is 10.1 Å². The molecule has 2 N–H and O–H groups in total. The fraction of sp³-hybridized carbons (Fsp3) is 0.286. The van der Waals surface area contributed by atoms with Crippen molar-refractivity contribution in [3.8, 4) is 5.75 Å². The molecule has 0 saturated heterocycles. The second-order valence-electron chi connectivity index (χ2n) is 4.25. The van der Waals surface area contributed by atoms with Gasteiger partial charge in [-0.05, 0) is 24.6 Å². The number of benzene rings is 1. The Hall–Kier alpha value is -1.82. The molecule has 1 amide bonds. The van der Waals surface area contributed by atoms with E-state index in [0.29, 0.717) is 5.75 Å². The Morgan fingerprint density at radius 1 is 1.55 bits per heavy atom. The van der Waals surface area contributed by atoms with Gasteiger partial charge in [0.05, 0.1) is 6.04 Å². The molecule has 20 heavy (non-hydrogen) atoms. The number of hydrogen-bond donors (Lipinski definition) is 2. The van der Waals surface area contributed by atoms with Crippen LogP contribution in [0, 0.1) is 0 Å². The summed E-state index contributed by atoms with van der Waals surface area (Å²) in [6.45, 7) is 1.97. The summed E-state index contributed by atoms with van der Waals surface area (Å²) in [6, 6.07) is 7.26. The molecule has 2 rings (SSSR count). The quantitative estimate of drug-likeness (QED) is 0.851. The number of nitrogens with one attached hydrogen (secondary N) is 2. The molecule has 0 spiro atoms. The van der Waals surface area contributed by atoms with Gasteiger partial charge < -0.3 is 15.0 Å². The first-order chi connectivity index (χ1) is 9.69. The molecule has 2 aromatic rings. The maximum Gasteiger partial charge on any atom is 0.258 e. The molecular formula is C14H16BrN3O2. The first-order valence-electron chi connectivity index (χ1n) is 6.36. The molecule has 6 heteroatoms. The Kier molecular flexibility index (Phi) is 5.17. The number of rotatable bonds is 6. The molecular weight excluding hydrogens is 322 g/mol. The monoisotopic (exact) mass is 337 g/mol. The summed E-state index contributed by atoms with van der Waals surface area (Å²) in [5.41, 5.74) is 0. The number of ether oxygens (including phenoxy) is 1. The fourth-order valence-electron chi connectivity index (χ4n) is 1.77. The SMILES string of the molecule is CCC(NC(=O)COc1cccc(Br)c1)c1ncc[nH]1. The van der Waals surface area contributed by atoms with Gasteiger partial charge in [0.1, 0.15) is 11.6 Å². The van der Waals surface area contributed by atoms with Crippen LogP contribution in [0.3, 0.4) is 0 Å². The van der Waals surface area contributed by atoms with Crippen molar-refractivity contribution in [1.82, 2.24) is 15.3 Å². The highest BCUT2D eigenvalue weighted by Gasteiger charge is 2.14. The van der Waals surface area contributed by atoms with Gasteiger partial charge in [0.25, 0.3) is 5.91 Å². The normalized spacial score (nSPS) is 11.9. The third kappa shape index (κ3) is 4.09. The van der Waals surface area contributed by atoms with Crippen LogP contribution in [0.1, 0.15) is 25.2 Å². The van der Waals surface area contributed by atoms with Crippen molar-refractivity contribution in [2.45, 2.75) is 19.4 Å². The minimum Gasteiger partial charge on any atom is -0.484 e. The van der Waals surface area contributed by atoms with Gasteiger partial charge >= 0.3 is 0 Å². The van der Waals surface area contributed by atoms with E-state index in [9.17, 15) is 4.79 Å². The Morgan fingerprint density at radius 2 is 2.40 bits per heavy atom. The summed E-state index contributed by atoms with van der Waals surface area (Å²) < 4.78 is 6.35. The summed E-state index contributed by atoms with van der Waals surface area (Å²) in [6.07, 6.45) is 4.17. The van der Waals surface area contributed by atoms with E-state index in [4.69, 9.17) is 4.74 Å². The third-order valence-corrected chi connectivity index (χ3v) is 3.25. The van der Waals surface area contributed by atoms with Crippen molar-refractivity contribution in [3.63, 3.8) is 0 Å². The topological polar surface area (TPSA) is 67.0 Å².